The molecule has 134 valence electrons. The smallest absolute Gasteiger partial charge is 0.338 e. The van der Waals surface area contributed by atoms with Gasteiger partial charge in [0.25, 0.3) is 0 Å². The summed E-state index contributed by atoms with van der Waals surface area (Å²) in [6.07, 6.45) is 5.72. The lowest BCUT2D eigenvalue weighted by Crippen LogP contribution is -2.44. The summed E-state index contributed by atoms with van der Waals surface area (Å²) in [5.41, 5.74) is 0.397. The Bertz CT molecular complexity index is 378. The summed E-state index contributed by atoms with van der Waals surface area (Å²) in [6, 6.07) is 0.171. The zero-order valence-electron chi connectivity index (χ0n) is 14.4. The van der Waals surface area contributed by atoms with E-state index in [-0.39, 0.29) is 18.5 Å². The number of aliphatic carboxylic acids is 1. The van der Waals surface area contributed by atoms with Crippen molar-refractivity contribution in [3.63, 3.8) is 0 Å². The fourth-order valence-electron chi connectivity index (χ4n) is 2.91. The second kappa shape index (κ2) is 9.73. The molecule has 0 saturated heterocycles. The topological polar surface area (TPSA) is 78.4 Å². The number of carbonyl (C=O) groups is 2. The largest absolute Gasteiger partial charge is 0.479 e. The number of urea groups is 1. The normalized spacial score (nSPS) is 19.1. The van der Waals surface area contributed by atoms with E-state index in [0.29, 0.717) is 18.4 Å². The third-order valence-corrected chi connectivity index (χ3v) is 4.61. The summed E-state index contributed by atoms with van der Waals surface area (Å²) in [5, 5.41) is 14.3. The third-order valence-electron chi connectivity index (χ3n) is 4.61. The van der Waals surface area contributed by atoms with E-state index in [0.717, 1.165) is 44.9 Å². The molecule has 1 saturated carbocycles. The van der Waals surface area contributed by atoms with Gasteiger partial charge in [-0.2, -0.15) is 0 Å². The van der Waals surface area contributed by atoms with Crippen LogP contribution in [0.25, 0.3) is 0 Å². The van der Waals surface area contributed by atoms with Crippen molar-refractivity contribution in [1.29, 1.82) is 0 Å². The number of carboxylic acid groups (broad SMARTS) is 1. The Labute approximate surface area is 138 Å². The molecule has 0 aliphatic heterocycles. The van der Waals surface area contributed by atoms with Gasteiger partial charge in [-0.05, 0) is 50.4 Å². The minimum atomic E-state index is -1.75. The molecule has 1 unspecified atom stereocenters. The highest BCUT2D eigenvalue weighted by Gasteiger charge is 2.27. The second-order valence-corrected chi connectivity index (χ2v) is 7.35. The molecule has 0 radical (unpaired) electrons. The van der Waals surface area contributed by atoms with Crippen molar-refractivity contribution < 1.29 is 19.1 Å². The minimum Gasteiger partial charge on any atom is -0.479 e. The van der Waals surface area contributed by atoms with Crippen molar-refractivity contribution in [3.8, 4) is 0 Å². The molecule has 5 nitrogen and oxygen atoms in total. The van der Waals surface area contributed by atoms with Crippen LogP contribution in [0.2, 0.25) is 0 Å². The van der Waals surface area contributed by atoms with Crippen LogP contribution in [-0.2, 0) is 4.79 Å². The number of halogens is 1. The molecule has 0 aromatic rings. The second-order valence-electron chi connectivity index (χ2n) is 7.35. The number of rotatable bonds is 9. The molecular formula is C17H31FN2O3. The van der Waals surface area contributed by atoms with Crippen molar-refractivity contribution in [2.24, 2.45) is 5.41 Å². The monoisotopic (exact) mass is 330 g/mol. The zero-order chi connectivity index (χ0) is 17.3. The Morgan fingerprint density at radius 1 is 1.17 bits per heavy atom. The fourth-order valence-corrected chi connectivity index (χ4v) is 2.91. The summed E-state index contributed by atoms with van der Waals surface area (Å²) in [5.74, 6) is -1.38. The Hall–Kier alpha value is -1.33. The van der Waals surface area contributed by atoms with Gasteiger partial charge in [0, 0.05) is 12.6 Å². The Morgan fingerprint density at radius 2 is 1.78 bits per heavy atom. The van der Waals surface area contributed by atoms with Crippen LogP contribution in [0.5, 0.6) is 0 Å². The van der Waals surface area contributed by atoms with Crippen molar-refractivity contribution in [2.75, 3.05) is 6.54 Å². The molecule has 0 heterocycles. The van der Waals surface area contributed by atoms with E-state index >= 15 is 0 Å². The number of alkyl halides is 1. The van der Waals surface area contributed by atoms with Crippen LogP contribution >= 0.6 is 0 Å². The Kier molecular flexibility index (Phi) is 8.34. The molecule has 1 atom stereocenters. The van der Waals surface area contributed by atoms with Crippen LogP contribution in [0.15, 0.2) is 0 Å². The molecule has 6 heteroatoms. The standard InChI is InChI=1S/C17H31FN2O3/c1-17(2)10-8-13(9-11-17)20-16(23)19-12-6-4-3-5-7-14(18)15(21)22/h13-14H,3-12H2,1-2H3,(H,21,22)(H2,19,20,23). The molecule has 1 fully saturated rings. The molecule has 1 aliphatic carbocycles. The van der Waals surface area contributed by atoms with Gasteiger partial charge in [0.05, 0.1) is 0 Å². The van der Waals surface area contributed by atoms with E-state index in [9.17, 15) is 14.0 Å². The van der Waals surface area contributed by atoms with Crippen LogP contribution < -0.4 is 10.6 Å². The predicted molar refractivity (Wildman–Crippen MR) is 88.2 cm³/mol. The first kappa shape index (κ1) is 19.7. The Morgan fingerprint density at radius 3 is 2.39 bits per heavy atom. The lowest BCUT2D eigenvalue weighted by Gasteiger charge is -2.34. The summed E-state index contributed by atoms with van der Waals surface area (Å²) in [6.45, 7) is 5.14. The number of hydrogen-bond acceptors (Lipinski definition) is 2. The van der Waals surface area contributed by atoms with Gasteiger partial charge in [-0.1, -0.05) is 26.7 Å². The van der Waals surface area contributed by atoms with Gasteiger partial charge in [0.15, 0.2) is 6.17 Å². The molecule has 0 aromatic carbocycles. The van der Waals surface area contributed by atoms with Gasteiger partial charge in [-0.25, -0.2) is 14.0 Å². The first-order chi connectivity index (χ1) is 10.8. The highest BCUT2D eigenvalue weighted by atomic mass is 19.1. The molecule has 1 rings (SSSR count). The van der Waals surface area contributed by atoms with Gasteiger partial charge < -0.3 is 15.7 Å². The van der Waals surface area contributed by atoms with E-state index in [1.807, 2.05) is 0 Å². The molecule has 2 amide bonds. The maximum absolute atomic E-state index is 12.8. The van der Waals surface area contributed by atoms with Gasteiger partial charge >= 0.3 is 12.0 Å². The van der Waals surface area contributed by atoms with E-state index in [2.05, 4.69) is 24.5 Å². The first-order valence-corrected chi connectivity index (χ1v) is 8.71. The maximum Gasteiger partial charge on any atom is 0.338 e. The van der Waals surface area contributed by atoms with Crippen LogP contribution in [0.3, 0.4) is 0 Å². The Balaban J connectivity index is 1.97. The average Bonchev–Trinajstić information content (AvgIpc) is 2.48. The fraction of sp³-hybridized carbons (Fsp3) is 0.882. The van der Waals surface area contributed by atoms with Crippen molar-refractivity contribution >= 4 is 12.0 Å². The van der Waals surface area contributed by atoms with E-state index in [4.69, 9.17) is 5.11 Å². The number of amides is 2. The SMILES string of the molecule is CC1(C)CCC(NC(=O)NCCCCCCC(F)C(=O)O)CC1. The van der Waals surface area contributed by atoms with Crippen LogP contribution in [-0.4, -0.2) is 35.9 Å². The number of carbonyl (C=O) groups excluding carboxylic acids is 1. The average molecular weight is 330 g/mol. The van der Waals surface area contributed by atoms with Gasteiger partial charge in [0.2, 0.25) is 0 Å². The summed E-state index contributed by atoms with van der Waals surface area (Å²) >= 11 is 0. The van der Waals surface area contributed by atoms with E-state index in [1.165, 1.54) is 0 Å². The predicted octanol–water partition coefficient (Wildman–Crippen LogP) is 3.63. The summed E-state index contributed by atoms with van der Waals surface area (Å²) in [4.78, 5) is 22.1. The lowest BCUT2D eigenvalue weighted by molar-refractivity contribution is -0.143. The number of unbranched alkanes of at least 4 members (excludes halogenated alkanes) is 3. The third kappa shape index (κ3) is 8.77. The molecule has 23 heavy (non-hydrogen) atoms. The summed E-state index contributed by atoms with van der Waals surface area (Å²) < 4.78 is 12.8. The number of carboxylic acids is 1. The van der Waals surface area contributed by atoms with Crippen molar-refractivity contribution in [1.82, 2.24) is 10.6 Å². The van der Waals surface area contributed by atoms with Crippen molar-refractivity contribution in [3.05, 3.63) is 0 Å². The highest BCUT2D eigenvalue weighted by Crippen LogP contribution is 2.34. The van der Waals surface area contributed by atoms with Crippen LogP contribution in [0.1, 0.15) is 71.6 Å². The maximum atomic E-state index is 12.8. The number of hydrogen-bond donors (Lipinski definition) is 3. The summed E-state index contributed by atoms with van der Waals surface area (Å²) in [7, 11) is 0. The van der Waals surface area contributed by atoms with Gasteiger partial charge in [-0.3, -0.25) is 0 Å². The van der Waals surface area contributed by atoms with Gasteiger partial charge in [-0.15, -0.1) is 0 Å². The van der Waals surface area contributed by atoms with Crippen molar-refractivity contribution in [2.45, 2.75) is 83.8 Å². The first-order valence-electron chi connectivity index (χ1n) is 8.71. The lowest BCUT2D eigenvalue weighted by atomic mass is 9.76. The van der Waals surface area contributed by atoms with E-state index in [1.54, 1.807) is 0 Å². The molecule has 0 spiro atoms. The number of nitrogens with one attached hydrogen (secondary N) is 2. The quantitative estimate of drug-likeness (QED) is 0.565. The molecule has 0 aromatic heterocycles. The van der Waals surface area contributed by atoms with Crippen LogP contribution in [0, 0.1) is 5.41 Å². The van der Waals surface area contributed by atoms with Crippen LogP contribution in [0.4, 0.5) is 9.18 Å². The zero-order valence-corrected chi connectivity index (χ0v) is 14.4. The molecule has 0 bridgehead atoms. The highest BCUT2D eigenvalue weighted by molar-refractivity contribution is 5.74. The molecule has 1 aliphatic rings. The molecular weight excluding hydrogens is 299 g/mol. The minimum absolute atomic E-state index is 0.0707. The molecule has 3 N–H and O–H groups in total. The van der Waals surface area contributed by atoms with Gasteiger partial charge in [0.1, 0.15) is 0 Å². The van der Waals surface area contributed by atoms with E-state index < -0.39 is 12.1 Å².